The third-order valence-electron chi connectivity index (χ3n) is 9.59. The lowest BCUT2D eigenvalue weighted by molar-refractivity contribution is -0.285. The number of aromatic hydroxyl groups is 10. The van der Waals surface area contributed by atoms with Crippen LogP contribution < -0.4 is 11.3 Å². The van der Waals surface area contributed by atoms with Crippen molar-refractivity contribution in [3.8, 4) is 79.7 Å². The highest BCUT2D eigenvalue weighted by molar-refractivity contribution is 6.29. The van der Waals surface area contributed by atoms with Crippen LogP contribution in [0.4, 0.5) is 0 Å². The zero-order chi connectivity index (χ0) is 40.6. The number of aliphatic hydroxyl groups is 3. The number of fused-ring (bicyclic) bond motifs is 5. The molecule has 5 atom stereocenters. The van der Waals surface area contributed by atoms with E-state index < -0.39 is 184 Å². The van der Waals surface area contributed by atoms with Gasteiger partial charge >= 0.3 is 23.2 Å². The van der Waals surface area contributed by atoms with Gasteiger partial charge in [-0.05, 0) is 12.1 Å². The smallest absolute Gasteiger partial charge is 0.345 e. The third-order valence-corrected chi connectivity index (χ3v) is 9.59. The second-order valence-corrected chi connectivity index (χ2v) is 12.6. The SMILES string of the molecule is O=C1OCC2OC(O)C(OC(=O)c3cc(O)c(O)c(O)c3-c3c(O)c(O)c4oc(=O)c5c(c(O)c(O)c6oc(=O)c3c4c65)-c3c1cc(O)c(O)c3O)C(O)C2O. The predicted molar refractivity (Wildman–Crippen MR) is 177 cm³/mol. The van der Waals surface area contributed by atoms with Crippen LogP contribution in [0.3, 0.4) is 0 Å². The summed E-state index contributed by atoms with van der Waals surface area (Å²) < 4.78 is 26.0. The molecule has 0 radical (unpaired) electrons. The number of hydrogen-bond donors (Lipinski definition) is 13. The van der Waals surface area contributed by atoms with Crippen molar-refractivity contribution >= 4 is 44.6 Å². The Bertz CT molecular complexity index is 2870. The third kappa shape index (κ3) is 4.57. The molecule has 0 amide bonds. The van der Waals surface area contributed by atoms with Crippen molar-refractivity contribution < 1.29 is 99.0 Å². The number of ether oxygens (including phenoxy) is 3. The molecule has 4 aromatic carbocycles. The molecule has 3 aliphatic heterocycles. The van der Waals surface area contributed by atoms with Crippen LogP contribution in [0.25, 0.3) is 55.0 Å². The second-order valence-electron chi connectivity index (χ2n) is 12.6. The zero-order valence-electron chi connectivity index (χ0n) is 27.2. The maximum absolute atomic E-state index is 13.9. The summed E-state index contributed by atoms with van der Waals surface area (Å²) >= 11 is 0. The van der Waals surface area contributed by atoms with Crippen LogP contribution in [0, 0.1) is 0 Å². The fraction of sp³-hybridized carbons (Fsp3) is 0.176. The standard InChI is InChI=1S/C34H22O22/c35-6-1-4-9(20(40)17(6)37)11-15-13-14-16(33(50)55-27(13)25(45)22(11)42)12(23(43)26(46)28(14)54-32(15)49)10-5(2-7(36)18(38)21(10)41)31(48)56-29-24(44)19(39)8(53-34(29)51)3-52-30(4)47/h1-2,8,19,24,29,34-46,51H,3H2. The van der Waals surface area contributed by atoms with Gasteiger partial charge in [-0.1, -0.05) is 0 Å². The van der Waals surface area contributed by atoms with Gasteiger partial charge < -0.3 is 89.4 Å². The first kappa shape index (κ1) is 35.6. The van der Waals surface area contributed by atoms with E-state index in [0.717, 1.165) is 0 Å². The molecule has 22 heteroatoms. The minimum absolute atomic E-state index is 0.413. The lowest BCUT2D eigenvalue weighted by atomic mass is 9.87. The van der Waals surface area contributed by atoms with Crippen molar-refractivity contribution in [2.24, 2.45) is 0 Å². The maximum atomic E-state index is 13.9. The van der Waals surface area contributed by atoms with E-state index in [4.69, 9.17) is 23.0 Å². The number of benzene rings is 4. The van der Waals surface area contributed by atoms with Gasteiger partial charge in [-0.2, -0.15) is 0 Å². The Morgan fingerprint density at radius 3 is 1.39 bits per heavy atom. The van der Waals surface area contributed by atoms with E-state index in [9.17, 15) is 85.6 Å². The summed E-state index contributed by atoms with van der Waals surface area (Å²) in [6.45, 7) is -1.08. The first-order chi connectivity index (χ1) is 26.4. The van der Waals surface area contributed by atoms with Crippen LogP contribution in [0.1, 0.15) is 20.7 Å². The molecular weight excluding hydrogens is 760 g/mol. The Morgan fingerprint density at radius 1 is 0.500 bits per heavy atom. The molecule has 9 rings (SSSR count). The molecule has 1 saturated heterocycles. The Balaban J connectivity index is 1.62. The Kier molecular flexibility index (Phi) is 7.50. The maximum Gasteiger partial charge on any atom is 0.345 e. The monoisotopic (exact) mass is 782 g/mol. The van der Waals surface area contributed by atoms with Crippen LogP contribution in [-0.4, -0.2) is 116 Å². The fourth-order valence-electron chi connectivity index (χ4n) is 6.99. The van der Waals surface area contributed by atoms with E-state index >= 15 is 0 Å². The van der Waals surface area contributed by atoms with Crippen LogP contribution in [0.15, 0.2) is 30.6 Å². The first-order valence-corrected chi connectivity index (χ1v) is 15.7. The summed E-state index contributed by atoms with van der Waals surface area (Å²) in [5, 5.41) is 138. The molecule has 0 saturated carbocycles. The molecule has 0 spiro atoms. The summed E-state index contributed by atoms with van der Waals surface area (Å²) in [4.78, 5) is 55.1. The van der Waals surface area contributed by atoms with E-state index in [-0.39, 0.29) is 0 Å². The van der Waals surface area contributed by atoms with E-state index in [1.807, 2.05) is 0 Å². The average molecular weight is 783 g/mol. The van der Waals surface area contributed by atoms with Crippen molar-refractivity contribution in [1.82, 2.24) is 0 Å². The molecule has 5 unspecified atom stereocenters. The highest BCUT2D eigenvalue weighted by Crippen LogP contribution is 2.58. The molecule has 5 heterocycles. The minimum atomic E-state index is -2.36. The zero-order valence-corrected chi connectivity index (χ0v) is 27.2. The van der Waals surface area contributed by atoms with Gasteiger partial charge in [0, 0.05) is 33.0 Å². The number of hydrogen-bond acceptors (Lipinski definition) is 22. The predicted octanol–water partition coefficient (Wildman–Crippen LogP) is 0.0152. The first-order valence-electron chi connectivity index (χ1n) is 15.7. The number of esters is 2. The largest absolute Gasteiger partial charge is 0.504 e. The van der Waals surface area contributed by atoms with Crippen LogP contribution in [-0.2, 0) is 14.2 Å². The molecule has 1 fully saturated rings. The van der Waals surface area contributed by atoms with Gasteiger partial charge in [0.1, 0.15) is 24.9 Å². The van der Waals surface area contributed by atoms with E-state index in [1.165, 1.54) is 0 Å². The van der Waals surface area contributed by atoms with Crippen molar-refractivity contribution in [3.05, 3.63) is 44.1 Å². The molecule has 290 valence electrons. The number of phenols is 10. The number of rotatable bonds is 0. The van der Waals surface area contributed by atoms with Crippen molar-refractivity contribution in [2.75, 3.05) is 6.61 Å². The van der Waals surface area contributed by atoms with Crippen molar-refractivity contribution in [2.45, 2.75) is 30.7 Å². The highest BCUT2D eigenvalue weighted by atomic mass is 16.7. The topological polar surface area (TPSA) is 385 Å². The van der Waals surface area contributed by atoms with Crippen molar-refractivity contribution in [3.63, 3.8) is 0 Å². The molecule has 22 nitrogen and oxygen atoms in total. The van der Waals surface area contributed by atoms with Crippen molar-refractivity contribution in [1.29, 1.82) is 0 Å². The van der Waals surface area contributed by atoms with Gasteiger partial charge in [0.25, 0.3) is 0 Å². The summed E-state index contributed by atoms with van der Waals surface area (Å²) in [5.41, 5.74) is -11.9. The number of carbonyl (C=O) groups excluding carboxylic acids is 2. The highest BCUT2D eigenvalue weighted by Gasteiger charge is 2.48. The van der Waals surface area contributed by atoms with Gasteiger partial charge in [-0.3, -0.25) is 0 Å². The van der Waals surface area contributed by atoms with Gasteiger partial charge in [0.05, 0.1) is 21.9 Å². The normalized spacial score (nSPS) is 21.3. The number of carbonyl (C=O) groups is 2. The van der Waals surface area contributed by atoms with E-state index in [1.54, 1.807) is 0 Å². The summed E-state index contributed by atoms with van der Waals surface area (Å²) in [7, 11) is 0. The molecule has 56 heavy (non-hydrogen) atoms. The fourth-order valence-corrected chi connectivity index (χ4v) is 6.99. The summed E-state index contributed by atoms with van der Waals surface area (Å²) in [6.07, 6.45) is -10.9. The van der Waals surface area contributed by atoms with Gasteiger partial charge in [-0.25, -0.2) is 19.2 Å². The molecule has 8 bridgehead atoms. The molecule has 6 aromatic rings. The van der Waals surface area contributed by atoms with Gasteiger partial charge in [0.2, 0.25) is 23.0 Å². The van der Waals surface area contributed by atoms with Crippen LogP contribution in [0.5, 0.6) is 57.5 Å². The molecule has 3 aliphatic rings. The Hall–Kier alpha value is -7.40. The lowest BCUT2D eigenvalue weighted by Crippen LogP contribution is -2.60. The number of phenolic OH excluding ortho intramolecular Hbond substituents is 10. The molecular formula is C34H22O22. The number of aliphatic hydroxyl groups excluding tert-OH is 3. The summed E-state index contributed by atoms with van der Waals surface area (Å²) in [5.74, 6) is -17.3. The Labute approximate surface area is 304 Å². The lowest BCUT2D eigenvalue weighted by Gasteiger charge is -2.39. The van der Waals surface area contributed by atoms with Gasteiger partial charge in [0.15, 0.2) is 58.1 Å². The van der Waals surface area contributed by atoms with Crippen LogP contribution >= 0.6 is 0 Å². The average Bonchev–Trinajstić information content (AvgIpc) is 3.15. The second kappa shape index (κ2) is 11.8. The minimum Gasteiger partial charge on any atom is -0.504 e. The summed E-state index contributed by atoms with van der Waals surface area (Å²) in [6, 6.07) is 0.877. The molecule has 13 N–H and O–H groups in total. The van der Waals surface area contributed by atoms with Crippen LogP contribution in [0.2, 0.25) is 0 Å². The quantitative estimate of drug-likeness (QED) is 0.0418. The van der Waals surface area contributed by atoms with Gasteiger partial charge in [-0.15, -0.1) is 0 Å². The molecule has 2 aromatic heterocycles. The van der Waals surface area contributed by atoms with E-state index in [0.29, 0.717) is 12.1 Å². The Morgan fingerprint density at radius 2 is 0.929 bits per heavy atom. The van der Waals surface area contributed by atoms with E-state index in [2.05, 4.69) is 0 Å². The molecule has 0 aliphatic carbocycles.